The monoisotopic (exact) mass is 200 g/mol. The summed E-state index contributed by atoms with van der Waals surface area (Å²) in [6.07, 6.45) is 1.85. The third-order valence-corrected chi connectivity index (χ3v) is 2.85. The summed E-state index contributed by atoms with van der Waals surface area (Å²) in [7, 11) is 0. The Hall–Kier alpha value is -0.610. The van der Waals surface area contributed by atoms with Gasteiger partial charge in [0.2, 0.25) is 0 Å². The first-order chi connectivity index (χ1) is 6.54. The molecule has 4 nitrogen and oxygen atoms in total. The first-order valence-corrected chi connectivity index (χ1v) is 5.28. The highest BCUT2D eigenvalue weighted by Crippen LogP contribution is 2.23. The molecule has 1 saturated heterocycles. The van der Waals surface area contributed by atoms with Crippen LogP contribution in [0.25, 0.3) is 0 Å². The normalized spacial score (nSPS) is 25.2. The number of amides is 1. The van der Waals surface area contributed by atoms with Crippen molar-refractivity contribution in [1.29, 1.82) is 0 Å². The summed E-state index contributed by atoms with van der Waals surface area (Å²) in [6, 6.07) is 0.245. The fourth-order valence-electron chi connectivity index (χ4n) is 2.09. The van der Waals surface area contributed by atoms with E-state index in [9.17, 15) is 4.79 Å². The lowest BCUT2D eigenvalue weighted by atomic mass is 9.92. The summed E-state index contributed by atoms with van der Waals surface area (Å²) in [6.45, 7) is 4.92. The van der Waals surface area contributed by atoms with E-state index < -0.39 is 6.23 Å². The van der Waals surface area contributed by atoms with E-state index in [1.807, 2.05) is 0 Å². The van der Waals surface area contributed by atoms with Gasteiger partial charge in [-0.3, -0.25) is 10.5 Å². The van der Waals surface area contributed by atoms with Crippen LogP contribution in [0, 0.1) is 5.92 Å². The van der Waals surface area contributed by atoms with Crippen LogP contribution in [-0.4, -0.2) is 34.7 Å². The minimum absolute atomic E-state index is 0.245. The molecule has 0 spiro atoms. The molecule has 0 radical (unpaired) electrons. The van der Waals surface area contributed by atoms with Crippen molar-refractivity contribution < 1.29 is 9.90 Å². The van der Waals surface area contributed by atoms with Crippen molar-refractivity contribution in [2.75, 3.05) is 6.54 Å². The Morgan fingerprint density at radius 2 is 2.14 bits per heavy atom. The molecular weight excluding hydrogens is 180 g/mol. The van der Waals surface area contributed by atoms with Crippen molar-refractivity contribution in [2.45, 2.75) is 45.4 Å². The van der Waals surface area contributed by atoms with Crippen molar-refractivity contribution in [3.05, 3.63) is 0 Å². The summed E-state index contributed by atoms with van der Waals surface area (Å²) >= 11 is 0. The van der Waals surface area contributed by atoms with E-state index in [1.165, 1.54) is 0 Å². The Morgan fingerprint density at radius 1 is 1.50 bits per heavy atom. The molecule has 0 aromatic rings. The van der Waals surface area contributed by atoms with Crippen molar-refractivity contribution in [2.24, 2.45) is 11.7 Å². The predicted octanol–water partition coefficient (Wildman–Crippen LogP) is 0.301. The van der Waals surface area contributed by atoms with Crippen molar-refractivity contribution in [1.82, 2.24) is 4.90 Å². The van der Waals surface area contributed by atoms with Gasteiger partial charge in [0, 0.05) is 12.6 Å². The number of hydrogen-bond acceptors (Lipinski definition) is 3. The van der Waals surface area contributed by atoms with Gasteiger partial charge in [0.25, 0.3) is 5.91 Å². The molecule has 1 rings (SSSR count). The Kier molecular flexibility index (Phi) is 3.89. The van der Waals surface area contributed by atoms with Crippen LogP contribution in [-0.2, 0) is 4.79 Å². The van der Waals surface area contributed by atoms with Crippen molar-refractivity contribution in [3.63, 3.8) is 0 Å². The second-order valence-corrected chi connectivity index (χ2v) is 4.28. The molecule has 14 heavy (non-hydrogen) atoms. The number of aliphatic hydroxyl groups excluding tert-OH is 1. The standard InChI is InChI=1S/C10H20N2O2/c1-7(2)8-5-3-4-6-12(8)10(14)9(11)13/h7-9,13H,3-6,11H2,1-2H3. The smallest absolute Gasteiger partial charge is 0.266 e. The highest BCUT2D eigenvalue weighted by atomic mass is 16.3. The maximum atomic E-state index is 11.6. The zero-order valence-corrected chi connectivity index (χ0v) is 8.94. The zero-order chi connectivity index (χ0) is 10.7. The topological polar surface area (TPSA) is 66.6 Å². The van der Waals surface area contributed by atoms with Gasteiger partial charge in [-0.05, 0) is 25.2 Å². The van der Waals surface area contributed by atoms with Gasteiger partial charge in [-0.1, -0.05) is 13.8 Å². The molecule has 1 aliphatic rings. The van der Waals surface area contributed by atoms with E-state index in [-0.39, 0.29) is 11.9 Å². The molecule has 0 bridgehead atoms. The third kappa shape index (κ3) is 2.45. The lowest BCUT2D eigenvalue weighted by molar-refractivity contribution is -0.144. The Labute approximate surface area is 85.1 Å². The fraction of sp³-hybridized carbons (Fsp3) is 0.900. The average molecular weight is 200 g/mol. The van der Waals surface area contributed by atoms with E-state index in [0.717, 1.165) is 25.8 Å². The summed E-state index contributed by atoms with van der Waals surface area (Å²) in [4.78, 5) is 13.3. The van der Waals surface area contributed by atoms with E-state index in [1.54, 1.807) is 4.90 Å². The Bertz CT molecular complexity index is 204. The number of nitrogens with two attached hydrogens (primary N) is 1. The number of likely N-dealkylation sites (tertiary alicyclic amines) is 1. The number of hydrogen-bond donors (Lipinski definition) is 2. The molecule has 4 heteroatoms. The molecule has 1 aliphatic heterocycles. The number of carbonyl (C=O) groups is 1. The molecule has 0 saturated carbocycles. The van der Waals surface area contributed by atoms with Crippen molar-refractivity contribution in [3.8, 4) is 0 Å². The molecule has 2 atom stereocenters. The third-order valence-electron chi connectivity index (χ3n) is 2.85. The van der Waals surface area contributed by atoms with Crippen LogP contribution in [0.2, 0.25) is 0 Å². The SMILES string of the molecule is CC(C)C1CCCCN1C(=O)C(N)O. The summed E-state index contributed by atoms with van der Waals surface area (Å²) in [5, 5.41) is 9.06. The van der Waals surface area contributed by atoms with Crippen LogP contribution < -0.4 is 5.73 Å². The second-order valence-electron chi connectivity index (χ2n) is 4.28. The fourth-order valence-corrected chi connectivity index (χ4v) is 2.09. The molecule has 3 N–H and O–H groups in total. The quantitative estimate of drug-likeness (QED) is 0.630. The Morgan fingerprint density at radius 3 is 2.64 bits per heavy atom. The van der Waals surface area contributed by atoms with Gasteiger partial charge in [-0.2, -0.15) is 0 Å². The Balaban J connectivity index is 2.67. The van der Waals surface area contributed by atoms with Gasteiger partial charge in [0.05, 0.1) is 0 Å². The van der Waals surface area contributed by atoms with E-state index in [2.05, 4.69) is 13.8 Å². The van der Waals surface area contributed by atoms with Gasteiger partial charge < -0.3 is 10.0 Å². The maximum absolute atomic E-state index is 11.6. The molecule has 1 heterocycles. The van der Waals surface area contributed by atoms with Crippen LogP contribution in [0.1, 0.15) is 33.1 Å². The van der Waals surface area contributed by atoms with Gasteiger partial charge >= 0.3 is 0 Å². The van der Waals surface area contributed by atoms with Gasteiger partial charge in [0.15, 0.2) is 6.23 Å². The van der Waals surface area contributed by atoms with Crippen LogP contribution in [0.5, 0.6) is 0 Å². The number of nitrogens with zero attached hydrogens (tertiary/aromatic N) is 1. The van der Waals surface area contributed by atoms with Crippen LogP contribution in [0.15, 0.2) is 0 Å². The number of carbonyl (C=O) groups excluding carboxylic acids is 1. The zero-order valence-electron chi connectivity index (χ0n) is 8.94. The first kappa shape index (κ1) is 11.5. The first-order valence-electron chi connectivity index (χ1n) is 5.28. The molecule has 0 aromatic heterocycles. The largest absolute Gasteiger partial charge is 0.370 e. The van der Waals surface area contributed by atoms with Crippen LogP contribution in [0.4, 0.5) is 0 Å². The van der Waals surface area contributed by atoms with E-state index in [4.69, 9.17) is 10.8 Å². The van der Waals surface area contributed by atoms with Gasteiger partial charge in [-0.25, -0.2) is 0 Å². The van der Waals surface area contributed by atoms with Gasteiger partial charge in [0.1, 0.15) is 0 Å². The van der Waals surface area contributed by atoms with E-state index in [0.29, 0.717) is 5.92 Å². The molecule has 1 fully saturated rings. The minimum atomic E-state index is -1.35. The highest BCUT2D eigenvalue weighted by Gasteiger charge is 2.30. The number of piperidine rings is 1. The molecule has 82 valence electrons. The molecule has 2 unspecified atom stereocenters. The predicted molar refractivity (Wildman–Crippen MR) is 54.4 cm³/mol. The summed E-state index contributed by atoms with van der Waals surface area (Å²) < 4.78 is 0. The summed E-state index contributed by atoms with van der Waals surface area (Å²) in [5.74, 6) is 0.0985. The van der Waals surface area contributed by atoms with Crippen LogP contribution >= 0.6 is 0 Å². The molecule has 0 aromatic carbocycles. The van der Waals surface area contributed by atoms with Crippen LogP contribution in [0.3, 0.4) is 0 Å². The number of aliphatic hydroxyl groups is 1. The summed E-state index contributed by atoms with van der Waals surface area (Å²) in [5.41, 5.74) is 5.19. The minimum Gasteiger partial charge on any atom is -0.370 e. The van der Waals surface area contributed by atoms with E-state index >= 15 is 0 Å². The average Bonchev–Trinajstić information content (AvgIpc) is 2.16. The lowest BCUT2D eigenvalue weighted by Gasteiger charge is -2.38. The molecule has 0 aliphatic carbocycles. The van der Waals surface area contributed by atoms with Gasteiger partial charge in [-0.15, -0.1) is 0 Å². The molecular formula is C10H20N2O2. The second kappa shape index (κ2) is 4.75. The number of rotatable bonds is 2. The lowest BCUT2D eigenvalue weighted by Crippen LogP contribution is -2.52. The molecule has 1 amide bonds. The van der Waals surface area contributed by atoms with Crippen molar-refractivity contribution >= 4 is 5.91 Å². The highest BCUT2D eigenvalue weighted by molar-refractivity contribution is 5.80. The maximum Gasteiger partial charge on any atom is 0.266 e.